The largest absolute Gasteiger partial charge is 0.481 e. The second-order valence-electron chi connectivity index (χ2n) is 7.94. The van der Waals surface area contributed by atoms with Gasteiger partial charge in [0.05, 0.1) is 17.1 Å². The summed E-state index contributed by atoms with van der Waals surface area (Å²) in [6, 6.07) is 15.1. The Morgan fingerprint density at radius 1 is 1.14 bits per heavy atom. The molecule has 4 rings (SSSR count). The average Bonchev–Trinajstić information content (AvgIpc) is 2.99. The SMILES string of the molecule is Cc1ccc(S(=O)(=O)C[C@@H]2CCc3c(c4ccccc4n3CCC(=O)O)C2)cc1. The van der Waals surface area contributed by atoms with Crippen molar-refractivity contribution in [3.63, 3.8) is 0 Å². The van der Waals surface area contributed by atoms with E-state index in [1.807, 2.05) is 37.3 Å². The number of para-hydroxylation sites is 1. The zero-order chi connectivity index (χ0) is 20.6. The molecule has 2 aromatic carbocycles. The van der Waals surface area contributed by atoms with E-state index in [1.165, 1.54) is 5.56 Å². The number of carboxylic acids is 1. The van der Waals surface area contributed by atoms with E-state index in [0.717, 1.165) is 35.0 Å². The summed E-state index contributed by atoms with van der Waals surface area (Å²) in [5, 5.41) is 10.2. The average molecular weight is 412 g/mol. The molecule has 3 aromatic rings. The van der Waals surface area contributed by atoms with Gasteiger partial charge < -0.3 is 9.67 Å². The Balaban J connectivity index is 1.62. The zero-order valence-corrected chi connectivity index (χ0v) is 17.3. The number of hydrogen-bond donors (Lipinski definition) is 1. The third-order valence-corrected chi connectivity index (χ3v) is 7.76. The lowest BCUT2D eigenvalue weighted by Crippen LogP contribution is -2.24. The second-order valence-corrected chi connectivity index (χ2v) is 9.98. The van der Waals surface area contributed by atoms with Crippen LogP contribution < -0.4 is 0 Å². The third-order valence-electron chi connectivity index (χ3n) is 5.86. The number of aromatic nitrogens is 1. The second kappa shape index (κ2) is 7.67. The topological polar surface area (TPSA) is 76.4 Å². The number of fused-ring (bicyclic) bond motifs is 3. The van der Waals surface area contributed by atoms with Crippen molar-refractivity contribution in [2.45, 2.75) is 44.0 Å². The highest BCUT2D eigenvalue weighted by Gasteiger charge is 2.29. The van der Waals surface area contributed by atoms with Crippen LogP contribution in [0.15, 0.2) is 53.4 Å². The predicted octanol–water partition coefficient (Wildman–Crippen LogP) is 4.00. The van der Waals surface area contributed by atoms with Gasteiger partial charge in [-0.3, -0.25) is 4.79 Å². The first-order valence-electron chi connectivity index (χ1n) is 9.95. The fourth-order valence-electron chi connectivity index (χ4n) is 4.43. The molecule has 0 saturated heterocycles. The van der Waals surface area contributed by atoms with Gasteiger partial charge in [-0.2, -0.15) is 0 Å². The minimum Gasteiger partial charge on any atom is -0.481 e. The Bertz CT molecular complexity index is 1160. The first-order valence-corrected chi connectivity index (χ1v) is 11.6. The van der Waals surface area contributed by atoms with E-state index < -0.39 is 15.8 Å². The van der Waals surface area contributed by atoms with Gasteiger partial charge in [0.2, 0.25) is 0 Å². The summed E-state index contributed by atoms with van der Waals surface area (Å²) in [7, 11) is -3.33. The van der Waals surface area contributed by atoms with Gasteiger partial charge in [-0.05, 0) is 55.9 Å². The van der Waals surface area contributed by atoms with Gasteiger partial charge in [0.25, 0.3) is 0 Å². The molecule has 1 N–H and O–H groups in total. The van der Waals surface area contributed by atoms with Crippen LogP contribution in [0.5, 0.6) is 0 Å². The molecule has 1 aliphatic carbocycles. The van der Waals surface area contributed by atoms with Gasteiger partial charge in [0, 0.05) is 23.1 Å². The summed E-state index contributed by atoms with van der Waals surface area (Å²) in [5.41, 5.74) is 4.43. The summed E-state index contributed by atoms with van der Waals surface area (Å²) in [6.07, 6.45) is 2.36. The molecule has 29 heavy (non-hydrogen) atoms. The third kappa shape index (κ3) is 3.94. The number of carbonyl (C=O) groups is 1. The number of aliphatic carboxylic acids is 1. The predicted molar refractivity (Wildman–Crippen MR) is 113 cm³/mol. The Hall–Kier alpha value is -2.60. The highest BCUT2D eigenvalue weighted by Crippen LogP contribution is 2.35. The van der Waals surface area contributed by atoms with Crippen LogP contribution in [0.3, 0.4) is 0 Å². The van der Waals surface area contributed by atoms with Crippen molar-refractivity contribution in [1.29, 1.82) is 0 Å². The van der Waals surface area contributed by atoms with Crippen molar-refractivity contribution in [3.05, 3.63) is 65.4 Å². The number of nitrogens with zero attached hydrogens (tertiary/aromatic N) is 1. The fourth-order valence-corrected chi connectivity index (χ4v) is 6.08. The summed E-state index contributed by atoms with van der Waals surface area (Å²) < 4.78 is 27.9. The Labute approximate surface area is 170 Å². The maximum atomic E-state index is 12.9. The molecule has 0 fully saturated rings. The molecule has 1 atom stereocenters. The quantitative estimate of drug-likeness (QED) is 0.665. The summed E-state index contributed by atoms with van der Waals surface area (Å²) >= 11 is 0. The van der Waals surface area contributed by atoms with Gasteiger partial charge in [-0.15, -0.1) is 0 Å². The molecule has 5 nitrogen and oxygen atoms in total. The molecule has 1 aromatic heterocycles. The molecule has 0 amide bonds. The molecule has 0 saturated carbocycles. The maximum absolute atomic E-state index is 12.9. The lowest BCUT2D eigenvalue weighted by molar-refractivity contribution is -0.137. The molecule has 0 bridgehead atoms. The van der Waals surface area contributed by atoms with Gasteiger partial charge in [0.15, 0.2) is 9.84 Å². The minimum atomic E-state index is -3.33. The van der Waals surface area contributed by atoms with Crippen molar-refractivity contribution < 1.29 is 18.3 Å². The van der Waals surface area contributed by atoms with Gasteiger partial charge in [-0.1, -0.05) is 35.9 Å². The van der Waals surface area contributed by atoms with Gasteiger partial charge in [-0.25, -0.2) is 8.42 Å². The van der Waals surface area contributed by atoms with E-state index in [0.29, 0.717) is 17.9 Å². The van der Waals surface area contributed by atoms with E-state index in [4.69, 9.17) is 5.11 Å². The first kappa shape index (κ1) is 19.7. The van der Waals surface area contributed by atoms with E-state index >= 15 is 0 Å². The van der Waals surface area contributed by atoms with E-state index in [2.05, 4.69) is 10.6 Å². The van der Waals surface area contributed by atoms with Crippen molar-refractivity contribution in [3.8, 4) is 0 Å². The van der Waals surface area contributed by atoms with Crippen LogP contribution in [0.1, 0.15) is 29.7 Å². The van der Waals surface area contributed by atoms with Gasteiger partial charge in [0.1, 0.15) is 0 Å². The molecule has 0 aliphatic heterocycles. The molecular formula is C23H25NO4S. The molecule has 1 aliphatic rings. The number of aryl methyl sites for hydroxylation is 2. The Morgan fingerprint density at radius 3 is 2.59 bits per heavy atom. The Kier molecular flexibility index (Phi) is 5.21. The van der Waals surface area contributed by atoms with E-state index in [1.54, 1.807) is 12.1 Å². The van der Waals surface area contributed by atoms with Crippen LogP contribution >= 0.6 is 0 Å². The fraction of sp³-hybridized carbons (Fsp3) is 0.348. The highest BCUT2D eigenvalue weighted by molar-refractivity contribution is 7.91. The maximum Gasteiger partial charge on any atom is 0.305 e. The van der Waals surface area contributed by atoms with Crippen molar-refractivity contribution in [2.75, 3.05) is 5.75 Å². The summed E-state index contributed by atoms with van der Waals surface area (Å²) in [6.45, 7) is 2.39. The lowest BCUT2D eigenvalue weighted by Gasteiger charge is -2.24. The standard InChI is InChI=1S/C23H25NO4S/c1-16-6-9-18(10-7-16)29(27,28)15-17-8-11-22-20(14-17)19-4-2-3-5-21(19)24(22)13-12-23(25)26/h2-7,9-10,17H,8,11-15H2,1H3,(H,25,26)/t17-/m1/s1. The summed E-state index contributed by atoms with van der Waals surface area (Å²) in [5.74, 6) is -0.605. The number of rotatable bonds is 6. The van der Waals surface area contributed by atoms with E-state index in [9.17, 15) is 13.2 Å². The monoisotopic (exact) mass is 411 g/mol. The van der Waals surface area contributed by atoms with Crippen LogP contribution in [-0.4, -0.2) is 29.8 Å². The number of benzene rings is 2. The number of carboxylic acid groups (broad SMARTS) is 1. The molecule has 0 spiro atoms. The van der Waals surface area contributed by atoms with E-state index in [-0.39, 0.29) is 18.1 Å². The highest BCUT2D eigenvalue weighted by atomic mass is 32.2. The van der Waals surface area contributed by atoms with Crippen molar-refractivity contribution >= 4 is 26.7 Å². The molecule has 152 valence electrons. The minimum absolute atomic E-state index is 0.0625. The van der Waals surface area contributed by atoms with Crippen LogP contribution in [0.2, 0.25) is 0 Å². The van der Waals surface area contributed by atoms with Crippen molar-refractivity contribution in [2.24, 2.45) is 5.92 Å². The smallest absolute Gasteiger partial charge is 0.305 e. The zero-order valence-electron chi connectivity index (χ0n) is 16.5. The van der Waals surface area contributed by atoms with Gasteiger partial charge >= 0.3 is 5.97 Å². The number of hydrogen-bond acceptors (Lipinski definition) is 3. The molecule has 0 radical (unpaired) electrons. The van der Waals surface area contributed by atoms with Crippen molar-refractivity contribution in [1.82, 2.24) is 4.57 Å². The summed E-state index contributed by atoms with van der Waals surface area (Å²) in [4.78, 5) is 11.5. The normalized spacial score (nSPS) is 16.7. The Morgan fingerprint density at radius 2 is 1.86 bits per heavy atom. The molecule has 0 unspecified atom stereocenters. The molecule has 1 heterocycles. The lowest BCUT2D eigenvalue weighted by atomic mass is 9.87. The van der Waals surface area contributed by atoms with Crippen LogP contribution in [0, 0.1) is 12.8 Å². The first-order chi connectivity index (χ1) is 13.8. The molecular weight excluding hydrogens is 386 g/mol. The van der Waals surface area contributed by atoms with Crippen LogP contribution in [-0.2, 0) is 34.0 Å². The molecule has 6 heteroatoms. The van der Waals surface area contributed by atoms with Crippen LogP contribution in [0.25, 0.3) is 10.9 Å². The van der Waals surface area contributed by atoms with Crippen LogP contribution in [0.4, 0.5) is 0 Å². The number of sulfone groups is 1.